The van der Waals surface area contributed by atoms with Gasteiger partial charge in [0.15, 0.2) is 0 Å². The highest BCUT2D eigenvalue weighted by Gasteiger charge is 2.32. The van der Waals surface area contributed by atoms with Crippen LogP contribution in [0.4, 0.5) is 0 Å². The second-order valence-corrected chi connectivity index (χ2v) is 9.22. The van der Waals surface area contributed by atoms with Gasteiger partial charge in [0.25, 0.3) is 5.91 Å². The van der Waals surface area contributed by atoms with Gasteiger partial charge in [-0.05, 0) is 54.7 Å². The van der Waals surface area contributed by atoms with Crippen LogP contribution in [-0.2, 0) is 16.6 Å². The van der Waals surface area contributed by atoms with Gasteiger partial charge in [0.2, 0.25) is 0 Å². The predicted molar refractivity (Wildman–Crippen MR) is 101 cm³/mol. The summed E-state index contributed by atoms with van der Waals surface area (Å²) in [6.07, 6.45) is 7.42. The van der Waals surface area contributed by atoms with Gasteiger partial charge in [-0.1, -0.05) is 39.3 Å². The third kappa shape index (κ3) is 5.17. The Morgan fingerprint density at radius 3 is 2.50 bits per heavy atom. The lowest BCUT2D eigenvalue weighted by Gasteiger charge is -2.39. The Hall–Kier alpha value is -1.16. The lowest BCUT2D eigenvalue weighted by molar-refractivity contribution is 0.0893. The molecule has 1 aromatic rings. The van der Waals surface area contributed by atoms with Crippen molar-refractivity contribution in [3.63, 3.8) is 0 Å². The third-order valence-corrected chi connectivity index (χ3v) is 6.38. The van der Waals surface area contributed by atoms with Crippen molar-refractivity contribution in [1.82, 2.24) is 5.32 Å². The molecular formula is C20H31NO2S. The lowest BCUT2D eigenvalue weighted by Crippen LogP contribution is -2.39. The van der Waals surface area contributed by atoms with Crippen molar-refractivity contribution in [3.05, 3.63) is 35.4 Å². The zero-order valence-electron chi connectivity index (χ0n) is 15.4. The summed E-state index contributed by atoms with van der Waals surface area (Å²) < 4.78 is 11.4. The maximum atomic E-state index is 12.5. The van der Waals surface area contributed by atoms with Gasteiger partial charge in [-0.3, -0.25) is 9.00 Å². The van der Waals surface area contributed by atoms with Gasteiger partial charge >= 0.3 is 0 Å². The van der Waals surface area contributed by atoms with E-state index in [0.29, 0.717) is 16.7 Å². The van der Waals surface area contributed by atoms with E-state index in [4.69, 9.17) is 0 Å². The first-order chi connectivity index (χ1) is 11.3. The third-order valence-electron chi connectivity index (χ3n) is 5.64. The first-order valence-corrected chi connectivity index (χ1v) is 10.7. The molecule has 0 aliphatic heterocycles. The van der Waals surface area contributed by atoms with Crippen molar-refractivity contribution in [2.45, 2.75) is 64.7 Å². The second kappa shape index (κ2) is 8.28. The summed E-state index contributed by atoms with van der Waals surface area (Å²) in [6, 6.07) is 7.78. The van der Waals surface area contributed by atoms with E-state index in [1.807, 2.05) is 24.3 Å². The van der Waals surface area contributed by atoms with Crippen LogP contribution in [0.5, 0.6) is 0 Å². The monoisotopic (exact) mass is 349 g/mol. The number of carbonyl (C=O) groups excluding carboxylic acids is 1. The van der Waals surface area contributed by atoms with Crippen molar-refractivity contribution >= 4 is 16.7 Å². The fourth-order valence-corrected chi connectivity index (χ4v) is 4.26. The zero-order valence-corrected chi connectivity index (χ0v) is 16.2. The summed E-state index contributed by atoms with van der Waals surface area (Å²) in [7, 11) is -0.890. The Bertz CT molecular complexity index is 589. The van der Waals surface area contributed by atoms with Crippen LogP contribution in [0.3, 0.4) is 0 Å². The largest absolute Gasteiger partial charge is 0.349 e. The maximum Gasteiger partial charge on any atom is 0.251 e. The molecule has 1 aromatic carbocycles. The minimum atomic E-state index is -0.890. The van der Waals surface area contributed by atoms with Gasteiger partial charge in [-0.2, -0.15) is 0 Å². The Balaban J connectivity index is 1.91. The fourth-order valence-electron chi connectivity index (χ4n) is 3.61. The standard InChI is InChI=1S/C20H31NO2S/c1-5-20(2,3)17-9-11-18(12-10-17)21-19(22)16-8-6-7-15(13-16)14-24(4)23/h6-8,13,17-18H,5,9-12,14H2,1-4H3,(H,21,22). The Morgan fingerprint density at radius 1 is 1.25 bits per heavy atom. The van der Waals surface area contributed by atoms with E-state index < -0.39 is 10.8 Å². The van der Waals surface area contributed by atoms with E-state index >= 15 is 0 Å². The Morgan fingerprint density at radius 2 is 1.92 bits per heavy atom. The molecule has 2 rings (SSSR count). The van der Waals surface area contributed by atoms with Crippen LogP contribution in [0.2, 0.25) is 0 Å². The first-order valence-electron chi connectivity index (χ1n) is 9.01. The quantitative estimate of drug-likeness (QED) is 0.833. The van der Waals surface area contributed by atoms with E-state index in [2.05, 4.69) is 26.1 Å². The SMILES string of the molecule is CCC(C)(C)C1CCC(NC(=O)c2cccc(CS(C)=O)c2)CC1. The summed E-state index contributed by atoms with van der Waals surface area (Å²) >= 11 is 0. The molecule has 24 heavy (non-hydrogen) atoms. The molecule has 1 saturated carbocycles. The molecule has 0 saturated heterocycles. The van der Waals surface area contributed by atoms with Crippen molar-refractivity contribution in [2.75, 3.05) is 6.26 Å². The number of carbonyl (C=O) groups is 1. The molecule has 1 unspecified atom stereocenters. The van der Waals surface area contributed by atoms with Gasteiger partial charge in [0.1, 0.15) is 0 Å². The summed E-state index contributed by atoms with van der Waals surface area (Å²) in [5.41, 5.74) is 2.03. The predicted octanol–water partition coefficient (Wildman–Crippen LogP) is 4.29. The topological polar surface area (TPSA) is 46.2 Å². The number of amides is 1. The molecule has 1 amide bonds. The van der Waals surface area contributed by atoms with Gasteiger partial charge in [-0.15, -0.1) is 0 Å². The van der Waals surface area contributed by atoms with Crippen LogP contribution >= 0.6 is 0 Å². The smallest absolute Gasteiger partial charge is 0.251 e. The van der Waals surface area contributed by atoms with Crippen molar-refractivity contribution < 1.29 is 9.00 Å². The van der Waals surface area contributed by atoms with Crippen molar-refractivity contribution in [3.8, 4) is 0 Å². The van der Waals surface area contributed by atoms with Crippen LogP contribution in [0.1, 0.15) is 68.8 Å². The average Bonchev–Trinajstić information content (AvgIpc) is 2.55. The van der Waals surface area contributed by atoms with Crippen LogP contribution in [-0.4, -0.2) is 22.4 Å². The van der Waals surface area contributed by atoms with Gasteiger partial charge in [0, 0.05) is 34.4 Å². The highest BCUT2D eigenvalue weighted by atomic mass is 32.2. The molecule has 1 fully saturated rings. The van der Waals surface area contributed by atoms with Gasteiger partial charge < -0.3 is 5.32 Å². The molecule has 0 heterocycles. The molecule has 0 bridgehead atoms. The minimum absolute atomic E-state index is 0.00284. The molecule has 1 atom stereocenters. The van der Waals surface area contributed by atoms with E-state index in [-0.39, 0.29) is 11.9 Å². The Kier molecular flexibility index (Phi) is 6.62. The molecular weight excluding hydrogens is 318 g/mol. The molecule has 1 aliphatic rings. The zero-order chi connectivity index (χ0) is 17.7. The molecule has 4 heteroatoms. The lowest BCUT2D eigenvalue weighted by atomic mass is 9.69. The normalized spacial score (nSPS) is 22.8. The Labute approximate surface area is 149 Å². The molecule has 0 spiro atoms. The van der Waals surface area contributed by atoms with Crippen LogP contribution in [0.25, 0.3) is 0 Å². The van der Waals surface area contributed by atoms with Crippen LogP contribution in [0, 0.1) is 11.3 Å². The highest BCUT2D eigenvalue weighted by molar-refractivity contribution is 7.83. The second-order valence-electron chi connectivity index (χ2n) is 7.78. The maximum absolute atomic E-state index is 12.5. The fraction of sp³-hybridized carbons (Fsp3) is 0.650. The summed E-state index contributed by atoms with van der Waals surface area (Å²) in [6.45, 7) is 6.99. The molecule has 1 N–H and O–H groups in total. The number of benzene rings is 1. The number of rotatable bonds is 6. The van der Waals surface area contributed by atoms with Gasteiger partial charge in [0.05, 0.1) is 0 Å². The van der Waals surface area contributed by atoms with Crippen LogP contribution < -0.4 is 5.32 Å². The summed E-state index contributed by atoms with van der Waals surface area (Å²) in [5, 5.41) is 3.19. The number of nitrogens with one attached hydrogen (secondary N) is 1. The van der Waals surface area contributed by atoms with E-state index in [1.54, 1.807) is 6.26 Å². The van der Waals surface area contributed by atoms with Crippen LogP contribution in [0.15, 0.2) is 24.3 Å². The number of hydrogen-bond acceptors (Lipinski definition) is 2. The van der Waals surface area contributed by atoms with Crippen molar-refractivity contribution in [1.29, 1.82) is 0 Å². The molecule has 3 nitrogen and oxygen atoms in total. The van der Waals surface area contributed by atoms with Crippen molar-refractivity contribution in [2.24, 2.45) is 11.3 Å². The number of hydrogen-bond donors (Lipinski definition) is 1. The highest BCUT2D eigenvalue weighted by Crippen LogP contribution is 2.40. The van der Waals surface area contributed by atoms with E-state index in [9.17, 15) is 9.00 Å². The first kappa shape index (κ1) is 19.2. The van der Waals surface area contributed by atoms with Gasteiger partial charge in [-0.25, -0.2) is 0 Å². The molecule has 0 aromatic heterocycles. The summed E-state index contributed by atoms with van der Waals surface area (Å²) in [4.78, 5) is 12.5. The summed E-state index contributed by atoms with van der Waals surface area (Å²) in [5.74, 6) is 1.26. The van der Waals surface area contributed by atoms with E-state index in [1.165, 1.54) is 19.3 Å². The van der Waals surface area contributed by atoms with E-state index in [0.717, 1.165) is 24.3 Å². The molecule has 1 aliphatic carbocycles. The molecule has 0 radical (unpaired) electrons. The molecule has 134 valence electrons. The average molecular weight is 350 g/mol. The minimum Gasteiger partial charge on any atom is -0.349 e.